The third-order valence-corrected chi connectivity index (χ3v) is 13.2. The van der Waals surface area contributed by atoms with Crippen molar-refractivity contribution in [2.24, 2.45) is 23.0 Å². The van der Waals surface area contributed by atoms with Gasteiger partial charge in [0.05, 0.1) is 18.1 Å². The number of aliphatic hydroxyl groups excluding tert-OH is 1. The number of imide groups is 1. The smallest absolute Gasteiger partial charge is 0.480 e. The number of carboxylic acids is 2. The average Bonchev–Trinajstić information content (AvgIpc) is 2.50. The molecule has 1 aliphatic rings. The molecule has 1 aliphatic heterocycles. The quantitative estimate of drug-likeness (QED) is 0.0254. The van der Waals surface area contributed by atoms with Crippen molar-refractivity contribution in [2.75, 3.05) is 39.3 Å². The molecule has 28 heteroatoms. The van der Waals surface area contributed by atoms with E-state index in [1.165, 1.54) is 11.8 Å². The summed E-state index contributed by atoms with van der Waals surface area (Å²) in [6, 6.07) is 10.1. The summed E-state index contributed by atoms with van der Waals surface area (Å²) in [7, 11) is 0. The number of nitrogens with one attached hydrogen (secondary N) is 5. The summed E-state index contributed by atoms with van der Waals surface area (Å²) in [5, 5.41) is 39.8. The Hall–Kier alpha value is -8.40. The van der Waals surface area contributed by atoms with Gasteiger partial charge in [-0.05, 0) is 66.8 Å². The first-order valence-corrected chi connectivity index (χ1v) is 27.1. The summed E-state index contributed by atoms with van der Waals surface area (Å²) in [4.78, 5) is 137. The minimum absolute atomic E-state index is 0.0239. The number of unbranched alkanes of at least 4 members (excludes halogenated alkanes) is 1. The van der Waals surface area contributed by atoms with E-state index in [0.29, 0.717) is 30.6 Å². The number of carbonyl (C=O) groups is 11. The Kier molecular flexibility index (Phi) is 27.7. The van der Waals surface area contributed by atoms with E-state index in [9.17, 15) is 75.7 Å². The van der Waals surface area contributed by atoms with Gasteiger partial charge < -0.3 is 57.1 Å². The fraction of sp³-hybridized carbons (Fsp3) is 0.491. The molecule has 1 aromatic heterocycles. The summed E-state index contributed by atoms with van der Waals surface area (Å²) < 4.78 is 63.1. The molecular formula is C57H74F5N9O14. The number of hydrogen-bond donors (Lipinski definition) is 9. The van der Waals surface area contributed by atoms with Crippen LogP contribution in [0.15, 0.2) is 72.9 Å². The van der Waals surface area contributed by atoms with Crippen LogP contribution in [0.5, 0.6) is 0 Å². The van der Waals surface area contributed by atoms with Crippen LogP contribution in [0.4, 0.5) is 22.0 Å². The summed E-state index contributed by atoms with van der Waals surface area (Å²) in [5.74, 6) is -11.9. The van der Waals surface area contributed by atoms with Gasteiger partial charge in [-0.2, -0.15) is 13.2 Å². The monoisotopic (exact) mass is 1200 g/mol. The van der Waals surface area contributed by atoms with E-state index in [-0.39, 0.29) is 69.8 Å². The van der Waals surface area contributed by atoms with Crippen LogP contribution in [0.3, 0.4) is 0 Å². The molecule has 0 fully saturated rings. The molecule has 5 atom stereocenters. The van der Waals surface area contributed by atoms with Crippen LogP contribution in [-0.2, 0) is 59.3 Å². The number of halogens is 5. The molecule has 4 rings (SSSR count). The van der Waals surface area contributed by atoms with E-state index in [0.717, 1.165) is 40.8 Å². The fourth-order valence-electron chi connectivity index (χ4n) is 8.82. The van der Waals surface area contributed by atoms with E-state index in [1.807, 2.05) is 55.7 Å². The van der Waals surface area contributed by atoms with E-state index in [4.69, 9.17) is 15.6 Å². The van der Waals surface area contributed by atoms with Crippen LogP contribution in [-0.4, -0.2) is 158 Å². The largest absolute Gasteiger partial charge is 0.490 e. The van der Waals surface area contributed by atoms with Gasteiger partial charge in [-0.1, -0.05) is 71.9 Å². The highest BCUT2D eigenvalue weighted by Gasteiger charge is 2.39. The second kappa shape index (κ2) is 33.2. The summed E-state index contributed by atoms with van der Waals surface area (Å²) >= 11 is 0. The van der Waals surface area contributed by atoms with Crippen molar-refractivity contribution in [3.63, 3.8) is 0 Å². The van der Waals surface area contributed by atoms with Crippen molar-refractivity contribution in [1.29, 1.82) is 0 Å². The Morgan fingerprint density at radius 2 is 1.34 bits per heavy atom. The van der Waals surface area contributed by atoms with Gasteiger partial charge in [-0.15, -0.1) is 0 Å². The molecule has 0 saturated carbocycles. The molecule has 0 unspecified atom stereocenters. The summed E-state index contributed by atoms with van der Waals surface area (Å²) in [6.07, 6.45) is -1.35. The second-order valence-corrected chi connectivity index (χ2v) is 21.4. The lowest BCUT2D eigenvalue weighted by Crippen LogP contribution is -2.49. The number of hydrogen-bond acceptors (Lipinski definition) is 13. The van der Waals surface area contributed by atoms with Crippen LogP contribution in [0, 0.1) is 28.9 Å². The maximum absolute atomic E-state index is 15.1. The number of carboxylic acid groups (broad SMARTS) is 2. The van der Waals surface area contributed by atoms with Crippen LogP contribution < -0.4 is 32.3 Å². The standard InChI is InChI=1S/C55H73F2N9O12.C2HF3O2/c1-33(2)50(63-46(71)31-66-47(72)17-18-48(66)73)43(68)26-34(3)52(75)60-24-20-45(70)62-41(54(77)78)14-10-11-22-59-44(69)19-23-61-53(76)40(58)21-25-65(49(74)32-67)51(55(4,5)6)42-27-36(38-28-37(56)15-16-39(38)57)30-64(42)29-35-12-8-7-9-13-35;3-2(4,5)1(6)7/h7-9,12-13,15-18,27-28,30,33-34,40-41,50-51,67H,10-11,14,19-26,29,31-32,58H2,1-6H3,(H,59,69)(H,60,75)(H,61,76)(H,62,70)(H,63,71)(H,77,78);(H,6,7)/t34-,40+,41+,50+,51+;/m1./s1. The number of rotatable bonds is 31. The molecule has 8 amide bonds. The Morgan fingerprint density at radius 3 is 1.91 bits per heavy atom. The molecule has 10 N–H and O–H groups in total. The van der Waals surface area contributed by atoms with Crippen LogP contribution in [0.25, 0.3) is 11.1 Å². The predicted molar refractivity (Wildman–Crippen MR) is 296 cm³/mol. The van der Waals surface area contributed by atoms with Gasteiger partial charge in [0.15, 0.2) is 5.78 Å². The first-order chi connectivity index (χ1) is 39.7. The third kappa shape index (κ3) is 23.3. The molecular weight excluding hydrogens is 1130 g/mol. The number of benzene rings is 2. The Balaban J connectivity index is 0.00000253. The second-order valence-electron chi connectivity index (χ2n) is 21.4. The minimum atomic E-state index is -5.08. The highest BCUT2D eigenvalue weighted by molar-refractivity contribution is 6.14. The number of alkyl halides is 3. The van der Waals surface area contributed by atoms with Gasteiger partial charge in [0, 0.05) is 93.1 Å². The normalized spacial score (nSPS) is 14.0. The number of Topliss-reactive ketones (excluding diaryl/α,β-unsaturated/α-hetero) is 1. The molecule has 0 aliphatic carbocycles. The zero-order valence-electron chi connectivity index (χ0n) is 47.9. The van der Waals surface area contributed by atoms with Gasteiger partial charge in [-0.3, -0.25) is 48.1 Å². The number of aliphatic carboxylic acids is 2. The molecule has 0 saturated heterocycles. The molecule has 0 spiro atoms. The van der Waals surface area contributed by atoms with E-state index in [2.05, 4.69) is 26.6 Å². The maximum Gasteiger partial charge on any atom is 0.490 e. The first kappa shape index (κ1) is 70.9. The average molecular weight is 1200 g/mol. The predicted octanol–water partition coefficient (Wildman–Crippen LogP) is 3.27. The fourth-order valence-corrected chi connectivity index (χ4v) is 8.82. The number of aliphatic hydroxyl groups is 1. The number of nitrogens with two attached hydrogens (primary N) is 1. The van der Waals surface area contributed by atoms with Crippen LogP contribution >= 0.6 is 0 Å². The lowest BCUT2D eigenvalue weighted by molar-refractivity contribution is -0.192. The van der Waals surface area contributed by atoms with Gasteiger partial charge in [-0.25, -0.2) is 18.4 Å². The number of aromatic nitrogens is 1. The molecule has 85 heavy (non-hydrogen) atoms. The Labute approximate surface area is 487 Å². The molecule has 2 heterocycles. The van der Waals surface area contributed by atoms with Crippen molar-refractivity contribution in [3.05, 3.63) is 95.8 Å². The van der Waals surface area contributed by atoms with Crippen molar-refractivity contribution < 1.29 is 90.0 Å². The molecule has 3 aromatic rings. The zero-order chi connectivity index (χ0) is 63.9. The van der Waals surface area contributed by atoms with Gasteiger partial charge in [0.2, 0.25) is 35.4 Å². The van der Waals surface area contributed by atoms with Gasteiger partial charge >= 0.3 is 18.1 Å². The van der Waals surface area contributed by atoms with Crippen molar-refractivity contribution in [3.8, 4) is 11.1 Å². The molecule has 2 aromatic carbocycles. The molecule has 0 bridgehead atoms. The molecule has 466 valence electrons. The Bertz CT molecular complexity index is 2880. The highest BCUT2D eigenvalue weighted by atomic mass is 19.4. The van der Waals surface area contributed by atoms with E-state index >= 15 is 4.39 Å². The SMILES string of the molecule is CC(C)[C@H](NC(=O)CN1C(=O)C=CC1=O)C(=O)C[C@@H](C)C(=O)NCCC(=O)N[C@@H](CCCCNC(=O)CCNC(=O)[C@@H](N)CCN(C(=O)CO)[C@@H](c1cc(-c2cc(F)ccc2F)cn1Cc1ccccc1)C(C)(C)C)C(=O)O.O=C(O)C(F)(F)F. The van der Waals surface area contributed by atoms with Gasteiger partial charge in [0.1, 0.15) is 30.8 Å². The van der Waals surface area contributed by atoms with Gasteiger partial charge in [0.25, 0.3) is 11.8 Å². The maximum atomic E-state index is 15.1. The van der Waals surface area contributed by atoms with E-state index < -0.39 is 131 Å². The lowest BCUT2D eigenvalue weighted by atomic mass is 9.82. The minimum Gasteiger partial charge on any atom is -0.480 e. The topological polar surface area (TPSA) is 346 Å². The highest BCUT2D eigenvalue weighted by Crippen LogP contribution is 2.41. The number of nitrogens with zero attached hydrogens (tertiary/aromatic N) is 3. The summed E-state index contributed by atoms with van der Waals surface area (Å²) in [6.45, 7) is 9.25. The zero-order valence-corrected chi connectivity index (χ0v) is 47.9. The number of carbonyl (C=O) groups excluding carboxylic acids is 9. The molecule has 0 radical (unpaired) electrons. The van der Waals surface area contributed by atoms with E-state index in [1.54, 1.807) is 26.1 Å². The van der Waals surface area contributed by atoms with Crippen LogP contribution in [0.1, 0.15) is 104 Å². The lowest BCUT2D eigenvalue weighted by Gasteiger charge is -2.41. The Morgan fingerprint density at radius 1 is 0.741 bits per heavy atom. The summed E-state index contributed by atoms with van der Waals surface area (Å²) in [5.41, 5.74) is 7.46. The third-order valence-electron chi connectivity index (χ3n) is 13.2. The van der Waals surface area contributed by atoms with Crippen molar-refractivity contribution >= 4 is 65.0 Å². The van der Waals surface area contributed by atoms with Crippen molar-refractivity contribution in [1.82, 2.24) is 41.0 Å². The van der Waals surface area contributed by atoms with Crippen LogP contribution in [0.2, 0.25) is 0 Å². The van der Waals surface area contributed by atoms with Crippen molar-refractivity contribution in [2.45, 2.75) is 123 Å². The number of amides is 8. The molecule has 23 nitrogen and oxygen atoms in total. The first-order valence-electron chi connectivity index (χ1n) is 27.1. The number of ketones is 1.